The van der Waals surface area contributed by atoms with Gasteiger partial charge >= 0.3 is 6.09 Å². The minimum Gasteiger partial charge on any atom is -0.447 e. The van der Waals surface area contributed by atoms with Gasteiger partial charge in [0.05, 0.1) is 18.2 Å². The normalized spacial score (nSPS) is 21.3. The molecule has 1 saturated heterocycles. The van der Waals surface area contributed by atoms with Gasteiger partial charge in [0.2, 0.25) is 8.32 Å². The molecule has 0 saturated carbocycles. The maximum absolute atomic E-state index is 12.9. The SMILES string of the molecule is C/C(=C\[C@H](C)[C@@H](O)[C@@H](C)O[Si](C(C)C)(C(C)C)C(C)C)C(=O)N1C(=O)OC[C@@H]1C(C)C. The lowest BCUT2D eigenvalue weighted by atomic mass is 9.97. The summed E-state index contributed by atoms with van der Waals surface area (Å²) in [4.78, 5) is 26.3. The molecule has 6 nitrogen and oxygen atoms in total. The van der Waals surface area contributed by atoms with E-state index in [1.165, 1.54) is 4.90 Å². The zero-order chi connectivity index (χ0) is 24.3. The van der Waals surface area contributed by atoms with Crippen LogP contribution in [-0.4, -0.2) is 55.2 Å². The van der Waals surface area contributed by atoms with Crippen LogP contribution < -0.4 is 0 Å². The molecule has 0 radical (unpaired) electrons. The third-order valence-electron chi connectivity index (χ3n) is 6.86. The summed E-state index contributed by atoms with van der Waals surface area (Å²) in [6.45, 7) is 23.0. The van der Waals surface area contributed by atoms with Crippen molar-refractivity contribution in [2.45, 2.75) is 111 Å². The van der Waals surface area contributed by atoms with Gasteiger partial charge in [0.15, 0.2) is 0 Å². The van der Waals surface area contributed by atoms with E-state index >= 15 is 0 Å². The van der Waals surface area contributed by atoms with Crippen molar-refractivity contribution in [2.24, 2.45) is 11.8 Å². The van der Waals surface area contributed by atoms with Crippen LogP contribution >= 0.6 is 0 Å². The van der Waals surface area contributed by atoms with Crippen molar-refractivity contribution in [3.05, 3.63) is 11.6 Å². The van der Waals surface area contributed by atoms with Gasteiger partial charge in [0.1, 0.15) is 6.61 Å². The topological polar surface area (TPSA) is 76.1 Å². The molecule has 0 unspecified atom stereocenters. The maximum Gasteiger partial charge on any atom is 0.417 e. The first-order valence-corrected chi connectivity index (χ1v) is 13.9. The Morgan fingerprint density at radius 3 is 1.97 bits per heavy atom. The second-order valence-electron chi connectivity index (χ2n) is 10.4. The van der Waals surface area contributed by atoms with Gasteiger partial charge in [0.25, 0.3) is 5.91 Å². The highest BCUT2D eigenvalue weighted by molar-refractivity contribution is 6.77. The van der Waals surface area contributed by atoms with Crippen LogP contribution in [-0.2, 0) is 14.0 Å². The largest absolute Gasteiger partial charge is 0.447 e. The van der Waals surface area contributed by atoms with Crippen molar-refractivity contribution in [1.29, 1.82) is 0 Å². The van der Waals surface area contributed by atoms with Gasteiger partial charge in [-0.25, -0.2) is 9.69 Å². The van der Waals surface area contributed by atoms with Gasteiger partial charge in [-0.2, -0.15) is 0 Å². The summed E-state index contributed by atoms with van der Waals surface area (Å²) >= 11 is 0. The Bertz CT molecular complexity index is 637. The van der Waals surface area contributed by atoms with Crippen LogP contribution in [0.5, 0.6) is 0 Å². The third kappa shape index (κ3) is 5.99. The molecule has 0 aliphatic carbocycles. The summed E-state index contributed by atoms with van der Waals surface area (Å²) in [6.07, 6.45) is 0.0487. The Morgan fingerprint density at radius 2 is 1.55 bits per heavy atom. The maximum atomic E-state index is 12.9. The molecule has 1 aliphatic heterocycles. The number of hydrogen-bond acceptors (Lipinski definition) is 5. The molecule has 4 atom stereocenters. The Balaban J connectivity index is 3.01. The fourth-order valence-corrected chi connectivity index (χ4v) is 10.7. The number of hydrogen-bond donors (Lipinski definition) is 1. The minimum absolute atomic E-state index is 0.112. The first-order chi connectivity index (χ1) is 14.2. The van der Waals surface area contributed by atoms with Gasteiger partial charge in [-0.05, 0) is 36.4 Å². The summed E-state index contributed by atoms with van der Waals surface area (Å²) in [5.41, 5.74) is 1.70. The molecule has 0 aromatic heterocycles. The van der Waals surface area contributed by atoms with E-state index in [2.05, 4.69) is 41.5 Å². The van der Waals surface area contributed by atoms with E-state index in [9.17, 15) is 14.7 Å². The van der Waals surface area contributed by atoms with E-state index < -0.39 is 20.5 Å². The van der Waals surface area contributed by atoms with Crippen LogP contribution in [0.25, 0.3) is 0 Å². The monoisotopic (exact) mass is 455 g/mol. The van der Waals surface area contributed by atoms with E-state index in [1.54, 1.807) is 13.0 Å². The number of carbonyl (C=O) groups is 2. The molecule has 180 valence electrons. The van der Waals surface area contributed by atoms with Gasteiger partial charge in [-0.3, -0.25) is 4.79 Å². The van der Waals surface area contributed by atoms with E-state index in [0.717, 1.165) is 0 Å². The molecule has 2 amide bonds. The lowest BCUT2D eigenvalue weighted by molar-refractivity contribution is -0.125. The van der Waals surface area contributed by atoms with Crippen LogP contribution in [0.15, 0.2) is 11.6 Å². The minimum atomic E-state index is -2.13. The first kappa shape index (κ1) is 27.9. The van der Waals surface area contributed by atoms with Crippen LogP contribution in [0.3, 0.4) is 0 Å². The van der Waals surface area contributed by atoms with Crippen LogP contribution in [0.2, 0.25) is 16.6 Å². The molecule has 1 N–H and O–H groups in total. The molecule has 0 aromatic rings. The van der Waals surface area contributed by atoms with Gasteiger partial charge in [-0.15, -0.1) is 0 Å². The van der Waals surface area contributed by atoms with Crippen molar-refractivity contribution in [2.75, 3.05) is 6.61 Å². The molecule has 0 spiro atoms. The predicted octanol–water partition coefficient (Wildman–Crippen LogP) is 5.51. The number of ether oxygens (including phenoxy) is 1. The molecule has 1 fully saturated rings. The van der Waals surface area contributed by atoms with Gasteiger partial charge in [0, 0.05) is 11.5 Å². The molecular formula is C24H45NO5Si. The summed E-state index contributed by atoms with van der Waals surface area (Å²) in [6, 6.07) is -0.263. The second-order valence-corrected chi connectivity index (χ2v) is 15.8. The highest BCUT2D eigenvalue weighted by atomic mass is 28.4. The van der Waals surface area contributed by atoms with Crippen molar-refractivity contribution in [3.8, 4) is 0 Å². The molecular weight excluding hydrogens is 410 g/mol. The molecule has 7 heteroatoms. The Hall–Kier alpha value is -1.18. The molecule has 0 bridgehead atoms. The predicted molar refractivity (Wildman–Crippen MR) is 127 cm³/mol. The lowest BCUT2D eigenvalue weighted by Crippen LogP contribution is -2.52. The zero-order valence-corrected chi connectivity index (χ0v) is 22.4. The van der Waals surface area contributed by atoms with E-state index in [-0.39, 0.29) is 36.5 Å². The summed E-state index contributed by atoms with van der Waals surface area (Å²) in [5, 5.41) is 11.0. The van der Waals surface area contributed by atoms with Crippen molar-refractivity contribution in [1.82, 2.24) is 4.90 Å². The highest BCUT2D eigenvalue weighted by Gasteiger charge is 2.47. The fourth-order valence-electron chi connectivity index (χ4n) is 5.14. The summed E-state index contributed by atoms with van der Waals surface area (Å²) in [5.74, 6) is -0.543. The van der Waals surface area contributed by atoms with Crippen LogP contribution in [0.1, 0.15) is 76.2 Å². The average Bonchev–Trinajstić information content (AvgIpc) is 3.05. The number of aliphatic hydroxyl groups excluding tert-OH is 1. The molecule has 1 aliphatic rings. The number of aliphatic hydroxyl groups is 1. The molecule has 1 heterocycles. The van der Waals surface area contributed by atoms with Crippen LogP contribution in [0.4, 0.5) is 4.79 Å². The van der Waals surface area contributed by atoms with Gasteiger partial charge in [-0.1, -0.05) is 68.4 Å². The first-order valence-electron chi connectivity index (χ1n) is 11.7. The number of carbonyl (C=O) groups excluding carboxylic acids is 2. The number of cyclic esters (lactones) is 1. The Labute approximate surface area is 190 Å². The summed E-state index contributed by atoms with van der Waals surface area (Å²) in [7, 11) is -2.13. The molecule has 1 rings (SSSR count). The number of nitrogens with zero attached hydrogens (tertiary/aromatic N) is 1. The summed E-state index contributed by atoms with van der Waals surface area (Å²) < 4.78 is 11.8. The fraction of sp³-hybridized carbons (Fsp3) is 0.833. The molecule has 0 aromatic carbocycles. The lowest BCUT2D eigenvalue weighted by Gasteiger charge is -2.45. The van der Waals surface area contributed by atoms with Crippen molar-refractivity contribution in [3.63, 3.8) is 0 Å². The van der Waals surface area contributed by atoms with E-state index in [4.69, 9.17) is 9.16 Å². The smallest absolute Gasteiger partial charge is 0.417 e. The third-order valence-corrected chi connectivity index (χ3v) is 13.1. The van der Waals surface area contributed by atoms with Crippen LogP contribution in [0, 0.1) is 11.8 Å². The number of amides is 2. The van der Waals surface area contributed by atoms with E-state index in [0.29, 0.717) is 22.2 Å². The second kappa shape index (κ2) is 11.1. The van der Waals surface area contributed by atoms with E-state index in [1.807, 2.05) is 27.7 Å². The van der Waals surface area contributed by atoms with Crippen molar-refractivity contribution < 1.29 is 23.9 Å². The highest BCUT2D eigenvalue weighted by Crippen LogP contribution is 2.43. The van der Waals surface area contributed by atoms with Crippen molar-refractivity contribution >= 4 is 20.3 Å². The quantitative estimate of drug-likeness (QED) is 0.347. The number of rotatable bonds is 10. The zero-order valence-electron chi connectivity index (χ0n) is 21.4. The Morgan fingerprint density at radius 1 is 1.06 bits per heavy atom. The Kier molecular flexibility index (Phi) is 9.97. The average molecular weight is 456 g/mol. The van der Waals surface area contributed by atoms with Gasteiger partial charge < -0.3 is 14.3 Å². The number of imide groups is 1. The molecule has 31 heavy (non-hydrogen) atoms. The standard InChI is InChI=1S/C24H45NO5Si/c1-14(2)21-13-29-24(28)25(21)23(27)19(10)12-18(9)22(26)20(11)30-31(15(3)4,16(5)6)17(7)8/h12,14-18,20-22,26H,13H2,1-11H3/b19-12+/t18-,20+,21+,22+/m0/s1.